The third kappa shape index (κ3) is 2.44. The molecule has 0 nitrogen and oxygen atoms in total. The van der Waals surface area contributed by atoms with Crippen LogP contribution in [0.4, 0.5) is 4.39 Å². The zero-order chi connectivity index (χ0) is 8.27. The minimum Gasteiger partial charge on any atom is -0.207 e. The van der Waals surface area contributed by atoms with Crippen LogP contribution in [0, 0.1) is 5.82 Å². The van der Waals surface area contributed by atoms with Crippen LogP contribution in [0.3, 0.4) is 0 Å². The Balaban J connectivity index is 3.06. The van der Waals surface area contributed by atoms with E-state index in [1.807, 2.05) is 0 Å². The number of halogens is 3. The molecule has 0 aromatic heterocycles. The molecule has 0 aliphatic heterocycles. The van der Waals surface area contributed by atoms with Gasteiger partial charge in [0.1, 0.15) is 5.82 Å². The molecule has 0 saturated heterocycles. The summed E-state index contributed by atoms with van der Waals surface area (Å²) in [7, 11) is 12.9. The maximum absolute atomic E-state index is 12.5. The lowest BCUT2D eigenvalue weighted by Crippen LogP contribution is -1.77. The molecule has 0 spiro atoms. The summed E-state index contributed by atoms with van der Waals surface area (Å²) in [6.07, 6.45) is 0. The van der Waals surface area contributed by atoms with E-state index >= 15 is 0 Å². The maximum Gasteiger partial charge on any atom is 0.124 e. The van der Waals surface area contributed by atoms with E-state index in [1.54, 1.807) is 6.07 Å². The van der Waals surface area contributed by atoms with Crippen LogP contribution < -0.4 is 0 Å². The first-order valence-corrected chi connectivity index (χ1v) is 5.93. The summed E-state index contributed by atoms with van der Waals surface area (Å²) >= 11 is 0. The zero-order valence-electron chi connectivity index (χ0n) is 5.18. The van der Waals surface area contributed by atoms with Crippen molar-refractivity contribution >= 4 is 43.3 Å². The van der Waals surface area contributed by atoms with Crippen molar-refractivity contribution in [2.45, 2.75) is 9.79 Å². The molecule has 0 bridgehead atoms. The molecule has 1 aromatic rings. The fraction of sp³-hybridized carbons (Fsp3) is 0. The van der Waals surface area contributed by atoms with Gasteiger partial charge in [-0.3, -0.25) is 0 Å². The maximum atomic E-state index is 12.5. The third-order valence-corrected chi connectivity index (χ3v) is 3.22. The second-order valence-electron chi connectivity index (χ2n) is 1.75. The molecule has 0 aliphatic carbocycles. The summed E-state index contributed by atoms with van der Waals surface area (Å²) in [5.74, 6) is -0.303. The molecule has 0 aliphatic rings. The quantitative estimate of drug-likeness (QED) is 0.740. The molecular weight excluding hydrogens is 226 g/mol. The van der Waals surface area contributed by atoms with Gasteiger partial charge in [-0.15, -0.1) is 0 Å². The lowest BCUT2D eigenvalue weighted by molar-refractivity contribution is 0.622. The van der Waals surface area contributed by atoms with E-state index in [4.69, 9.17) is 21.4 Å². The fourth-order valence-corrected chi connectivity index (χ4v) is 2.47. The summed E-state index contributed by atoms with van der Waals surface area (Å²) in [6.45, 7) is 0. The summed E-state index contributed by atoms with van der Waals surface area (Å²) in [5.41, 5.74) is 0. The number of hydrogen-bond acceptors (Lipinski definition) is 2. The van der Waals surface area contributed by atoms with Gasteiger partial charge in [0.05, 0.1) is 0 Å². The summed E-state index contributed by atoms with van der Waals surface area (Å²) < 4.78 is 12.5. The van der Waals surface area contributed by atoms with E-state index < -0.39 is 0 Å². The van der Waals surface area contributed by atoms with Gasteiger partial charge in [-0.2, -0.15) is 0 Å². The molecule has 0 amide bonds. The zero-order valence-corrected chi connectivity index (χ0v) is 8.33. The minimum absolute atomic E-state index is 0.303. The summed E-state index contributed by atoms with van der Waals surface area (Å²) in [6, 6.07) is 4.29. The molecule has 0 atom stereocenters. The molecule has 5 heteroatoms. The molecule has 0 N–H and O–H groups in total. The Morgan fingerprint density at radius 1 is 1.09 bits per heavy atom. The molecule has 11 heavy (non-hydrogen) atoms. The number of benzene rings is 1. The second kappa shape index (κ2) is 4.45. The average molecular weight is 229 g/mol. The van der Waals surface area contributed by atoms with Crippen molar-refractivity contribution in [1.82, 2.24) is 0 Å². The molecule has 0 heterocycles. The first kappa shape index (κ1) is 9.52. The Hall–Kier alpha value is 0.430. The Morgan fingerprint density at radius 2 is 1.73 bits per heavy atom. The van der Waals surface area contributed by atoms with Gasteiger partial charge in [-0.25, -0.2) is 4.39 Å². The van der Waals surface area contributed by atoms with E-state index in [-0.39, 0.29) is 5.82 Å². The molecule has 0 saturated carbocycles. The standard InChI is InChI=1S/C6H3Cl2FS2/c7-10-5-2-1-4(9)3-6(5)11-8/h1-3H. The Labute approximate surface area is 81.5 Å². The molecule has 1 rings (SSSR count). The summed E-state index contributed by atoms with van der Waals surface area (Å²) in [5, 5.41) is 0. The van der Waals surface area contributed by atoms with Crippen LogP contribution in [0.25, 0.3) is 0 Å². The topological polar surface area (TPSA) is 0 Å². The van der Waals surface area contributed by atoms with Crippen molar-refractivity contribution in [2.75, 3.05) is 0 Å². The van der Waals surface area contributed by atoms with E-state index in [0.29, 0.717) is 4.90 Å². The van der Waals surface area contributed by atoms with Gasteiger partial charge in [-0.1, -0.05) is 0 Å². The van der Waals surface area contributed by atoms with Crippen molar-refractivity contribution in [2.24, 2.45) is 0 Å². The van der Waals surface area contributed by atoms with Crippen LogP contribution in [0.1, 0.15) is 0 Å². The van der Waals surface area contributed by atoms with Crippen molar-refractivity contribution in [1.29, 1.82) is 0 Å². The van der Waals surface area contributed by atoms with Crippen LogP contribution in [-0.2, 0) is 0 Å². The van der Waals surface area contributed by atoms with Crippen molar-refractivity contribution < 1.29 is 4.39 Å². The second-order valence-corrected chi connectivity index (χ2v) is 3.86. The van der Waals surface area contributed by atoms with Crippen molar-refractivity contribution in [3.8, 4) is 0 Å². The van der Waals surface area contributed by atoms with Crippen molar-refractivity contribution in [3.63, 3.8) is 0 Å². The van der Waals surface area contributed by atoms with Crippen LogP contribution in [0.2, 0.25) is 0 Å². The Kier molecular flexibility index (Phi) is 3.85. The van der Waals surface area contributed by atoms with Gasteiger partial charge < -0.3 is 0 Å². The number of rotatable bonds is 2. The van der Waals surface area contributed by atoms with Gasteiger partial charge in [-0.05, 0) is 61.5 Å². The van der Waals surface area contributed by atoms with Gasteiger partial charge in [0.25, 0.3) is 0 Å². The lowest BCUT2D eigenvalue weighted by Gasteiger charge is -1.99. The van der Waals surface area contributed by atoms with Gasteiger partial charge >= 0.3 is 0 Å². The van der Waals surface area contributed by atoms with E-state index in [2.05, 4.69) is 0 Å². The molecule has 0 radical (unpaired) electrons. The van der Waals surface area contributed by atoms with E-state index in [0.717, 1.165) is 26.8 Å². The van der Waals surface area contributed by atoms with Crippen LogP contribution >= 0.6 is 43.3 Å². The SMILES string of the molecule is Fc1ccc(SCl)c(SCl)c1. The lowest BCUT2D eigenvalue weighted by atomic mass is 10.3. The van der Waals surface area contributed by atoms with Crippen LogP contribution in [0.5, 0.6) is 0 Å². The van der Waals surface area contributed by atoms with Crippen LogP contribution in [-0.4, -0.2) is 0 Å². The van der Waals surface area contributed by atoms with E-state index in [9.17, 15) is 4.39 Å². The molecule has 1 aromatic carbocycles. The molecular formula is C6H3Cl2FS2. The normalized spacial score (nSPS) is 10.1. The smallest absolute Gasteiger partial charge is 0.124 e. The van der Waals surface area contributed by atoms with E-state index in [1.165, 1.54) is 12.1 Å². The summed E-state index contributed by atoms with van der Waals surface area (Å²) in [4.78, 5) is 1.42. The monoisotopic (exact) mass is 228 g/mol. The highest BCUT2D eigenvalue weighted by atomic mass is 35.7. The predicted molar refractivity (Wildman–Crippen MR) is 49.8 cm³/mol. The van der Waals surface area contributed by atoms with Crippen molar-refractivity contribution in [3.05, 3.63) is 24.0 Å². The predicted octanol–water partition coefficient (Wildman–Crippen LogP) is 4.32. The highest BCUT2D eigenvalue weighted by molar-refractivity contribution is 8.23. The Morgan fingerprint density at radius 3 is 2.27 bits per heavy atom. The fourth-order valence-electron chi connectivity index (χ4n) is 0.606. The first-order chi connectivity index (χ1) is 5.27. The van der Waals surface area contributed by atoms with Crippen LogP contribution in [0.15, 0.2) is 28.0 Å². The van der Waals surface area contributed by atoms with Gasteiger partial charge in [0, 0.05) is 9.79 Å². The molecule has 60 valence electrons. The largest absolute Gasteiger partial charge is 0.207 e. The third-order valence-electron chi connectivity index (χ3n) is 1.07. The van der Waals surface area contributed by atoms with Gasteiger partial charge in [0.15, 0.2) is 0 Å². The minimum atomic E-state index is -0.303. The Bertz CT molecular complexity index is 254. The molecule has 0 fully saturated rings. The first-order valence-electron chi connectivity index (χ1n) is 2.64. The van der Waals surface area contributed by atoms with Gasteiger partial charge in [0.2, 0.25) is 0 Å². The number of hydrogen-bond donors (Lipinski definition) is 0. The highest BCUT2D eigenvalue weighted by Gasteiger charge is 2.02. The molecule has 0 unspecified atom stereocenters. The average Bonchev–Trinajstić information content (AvgIpc) is 2.04. The highest BCUT2D eigenvalue weighted by Crippen LogP contribution is 2.35.